The van der Waals surface area contributed by atoms with Crippen LogP contribution in [0, 0.1) is 0 Å². The van der Waals surface area contributed by atoms with Crippen molar-refractivity contribution in [1.29, 1.82) is 0 Å². The molecule has 100 valence electrons. The highest BCUT2D eigenvalue weighted by Gasteiger charge is 2.46. The van der Waals surface area contributed by atoms with Gasteiger partial charge in [0.05, 0.1) is 21.1 Å². The van der Waals surface area contributed by atoms with Crippen LogP contribution in [-0.4, -0.2) is 60.4 Å². The van der Waals surface area contributed by atoms with Crippen LogP contribution in [0.1, 0.15) is 20.8 Å². The molecule has 0 saturated heterocycles. The van der Waals surface area contributed by atoms with Gasteiger partial charge in [0.1, 0.15) is 6.17 Å². The summed E-state index contributed by atoms with van der Waals surface area (Å²) in [5.74, 6) is 0. The summed E-state index contributed by atoms with van der Waals surface area (Å²) < 4.78 is 18.1. The van der Waals surface area contributed by atoms with E-state index in [-0.39, 0.29) is 24.0 Å². The molecule has 0 spiro atoms. The molecule has 0 fully saturated rings. The van der Waals surface area contributed by atoms with Crippen molar-refractivity contribution in [3.05, 3.63) is 0 Å². The van der Waals surface area contributed by atoms with E-state index in [4.69, 9.17) is 13.3 Å². The van der Waals surface area contributed by atoms with Crippen molar-refractivity contribution in [3.63, 3.8) is 0 Å². The van der Waals surface area contributed by atoms with Crippen LogP contribution in [-0.2, 0) is 13.3 Å². The van der Waals surface area contributed by atoms with Gasteiger partial charge in [-0.25, -0.2) is 0 Å². The highest BCUT2D eigenvalue weighted by atomic mass is 127. The molecular weight excluding hydrogens is 337 g/mol. The molecule has 0 aliphatic heterocycles. The van der Waals surface area contributed by atoms with Gasteiger partial charge in [0.15, 0.2) is 0 Å². The Labute approximate surface area is 118 Å². The van der Waals surface area contributed by atoms with Crippen molar-refractivity contribution in [2.24, 2.45) is 0 Å². The maximum Gasteiger partial charge on any atom is 0.559 e. The lowest BCUT2D eigenvalue weighted by molar-refractivity contribution is -0.862. The fourth-order valence-corrected chi connectivity index (χ4v) is 4.51. The van der Waals surface area contributed by atoms with E-state index in [9.17, 15) is 0 Å². The van der Waals surface area contributed by atoms with Gasteiger partial charge in [-0.1, -0.05) is 0 Å². The van der Waals surface area contributed by atoms with E-state index in [0.29, 0.717) is 19.8 Å². The number of halogens is 1. The monoisotopic (exact) mass is 363 g/mol. The second-order valence-electron chi connectivity index (χ2n) is 4.43. The summed E-state index contributed by atoms with van der Waals surface area (Å²) in [6.07, 6.45) is 0.808. The Morgan fingerprint density at radius 1 is 0.812 bits per heavy atom. The van der Waals surface area contributed by atoms with Crippen molar-refractivity contribution in [3.8, 4) is 0 Å². The number of hydrogen-bond donors (Lipinski definition) is 0. The second kappa shape index (κ2) is 8.82. The summed E-state index contributed by atoms with van der Waals surface area (Å²) in [4.78, 5) is 0. The number of nitrogens with zero attached hydrogens (tertiary/aromatic N) is 1. The average Bonchev–Trinajstić information content (AvgIpc) is 2.01. The highest BCUT2D eigenvalue weighted by molar-refractivity contribution is 6.60. The molecule has 0 saturated carbocycles. The van der Waals surface area contributed by atoms with E-state index in [1.54, 1.807) is 0 Å². The smallest absolute Gasteiger partial charge is 0.559 e. The van der Waals surface area contributed by atoms with E-state index in [0.717, 1.165) is 10.7 Å². The first-order valence-electron chi connectivity index (χ1n) is 5.61. The summed E-state index contributed by atoms with van der Waals surface area (Å²) in [5, 5.41) is 0. The summed E-state index contributed by atoms with van der Waals surface area (Å²) in [6.45, 7) is 7.88. The zero-order valence-electron chi connectivity index (χ0n) is 11.4. The van der Waals surface area contributed by atoms with Crippen LogP contribution in [0.2, 0.25) is 0 Å². The average molecular weight is 363 g/mol. The van der Waals surface area contributed by atoms with Gasteiger partial charge in [0, 0.05) is 19.8 Å². The van der Waals surface area contributed by atoms with Gasteiger partial charge in [-0.2, -0.15) is 0 Å². The third-order valence-corrected chi connectivity index (χ3v) is 5.28. The van der Waals surface area contributed by atoms with Gasteiger partial charge in [-0.3, -0.25) is 0 Å². The Morgan fingerprint density at radius 2 is 1.12 bits per heavy atom. The summed E-state index contributed by atoms with van der Waals surface area (Å²) in [6, 6.07) is 0. The van der Waals surface area contributed by atoms with Crippen molar-refractivity contribution in [1.82, 2.24) is 0 Å². The van der Waals surface area contributed by atoms with Crippen LogP contribution in [0.5, 0.6) is 0 Å². The Morgan fingerprint density at radius 3 is 1.31 bits per heavy atom. The second-order valence-corrected chi connectivity index (χ2v) is 6.98. The van der Waals surface area contributed by atoms with Gasteiger partial charge < -0.3 is 41.7 Å². The molecule has 0 heterocycles. The minimum atomic E-state index is -2.46. The van der Waals surface area contributed by atoms with E-state index in [1.807, 2.05) is 20.8 Å². The summed E-state index contributed by atoms with van der Waals surface area (Å²) in [5.41, 5.74) is 0. The van der Waals surface area contributed by atoms with E-state index < -0.39 is 8.80 Å². The molecule has 0 aliphatic rings. The van der Waals surface area contributed by atoms with Crippen molar-refractivity contribution in [2.75, 3.05) is 47.1 Å². The standard InChI is InChI=1S/C10H26NO3Si.HI/c1-7-12-15(13-8-2,14-9-3)10-11(4,5)6;/h7-10H2,1-6H3;1H/q+1;/p-1. The summed E-state index contributed by atoms with van der Waals surface area (Å²) in [7, 11) is 3.91. The number of rotatable bonds is 8. The van der Waals surface area contributed by atoms with Crippen LogP contribution in [0.4, 0.5) is 0 Å². The van der Waals surface area contributed by atoms with Crippen molar-refractivity contribution in [2.45, 2.75) is 20.8 Å². The molecule has 0 rings (SSSR count). The Kier molecular flexibility index (Phi) is 10.5. The molecule has 0 radical (unpaired) electrons. The Hall–Kier alpha value is 0.787. The molecule has 0 aromatic heterocycles. The van der Waals surface area contributed by atoms with Crippen LogP contribution >= 0.6 is 0 Å². The van der Waals surface area contributed by atoms with Gasteiger partial charge >= 0.3 is 8.80 Å². The predicted octanol–water partition coefficient (Wildman–Crippen LogP) is -1.72. The molecule has 0 atom stereocenters. The van der Waals surface area contributed by atoms with Gasteiger partial charge in [-0.05, 0) is 20.8 Å². The topological polar surface area (TPSA) is 27.7 Å². The predicted molar refractivity (Wildman–Crippen MR) is 63.5 cm³/mol. The lowest BCUT2D eigenvalue weighted by atomic mass is 10.8. The van der Waals surface area contributed by atoms with Crippen LogP contribution < -0.4 is 24.0 Å². The van der Waals surface area contributed by atoms with Gasteiger partial charge in [0.2, 0.25) is 0 Å². The quantitative estimate of drug-likeness (QED) is 0.292. The first-order chi connectivity index (χ1) is 6.89. The fourth-order valence-electron chi connectivity index (χ4n) is 1.50. The zero-order chi connectivity index (χ0) is 11.9. The highest BCUT2D eigenvalue weighted by Crippen LogP contribution is 2.13. The zero-order valence-corrected chi connectivity index (χ0v) is 14.5. The van der Waals surface area contributed by atoms with E-state index >= 15 is 0 Å². The fraction of sp³-hybridized carbons (Fsp3) is 1.00. The summed E-state index contributed by atoms with van der Waals surface area (Å²) >= 11 is 0. The Bertz CT molecular complexity index is 159. The molecule has 0 aromatic carbocycles. The van der Waals surface area contributed by atoms with Crippen LogP contribution in [0.25, 0.3) is 0 Å². The minimum absolute atomic E-state index is 0. The molecule has 16 heavy (non-hydrogen) atoms. The third-order valence-electron chi connectivity index (χ3n) is 1.76. The number of hydrogen-bond acceptors (Lipinski definition) is 3. The van der Waals surface area contributed by atoms with Crippen LogP contribution in [0.3, 0.4) is 0 Å². The molecule has 0 unspecified atom stereocenters. The van der Waals surface area contributed by atoms with Crippen molar-refractivity contribution < 1.29 is 41.7 Å². The molecule has 0 amide bonds. The molecule has 6 heteroatoms. The Balaban J connectivity index is 0. The lowest BCUT2D eigenvalue weighted by Gasteiger charge is -2.34. The van der Waals surface area contributed by atoms with Crippen molar-refractivity contribution >= 4 is 8.80 Å². The molecule has 4 nitrogen and oxygen atoms in total. The minimum Gasteiger partial charge on any atom is -1.00 e. The first kappa shape index (κ1) is 19.1. The maximum absolute atomic E-state index is 5.77. The van der Waals surface area contributed by atoms with E-state index in [1.165, 1.54) is 0 Å². The normalized spacial score (nSPS) is 12.4. The van der Waals surface area contributed by atoms with E-state index in [2.05, 4.69) is 21.1 Å². The molecule has 0 aliphatic carbocycles. The largest absolute Gasteiger partial charge is 1.00 e. The van der Waals surface area contributed by atoms with Gasteiger partial charge in [-0.15, -0.1) is 0 Å². The SMILES string of the molecule is CCO[Si](C[N+](C)(C)C)(OCC)OCC.[I-]. The number of quaternary nitrogens is 1. The molecular formula is C10H26INO3Si. The first-order valence-corrected chi connectivity index (χ1v) is 7.54. The molecule has 0 N–H and O–H groups in total. The van der Waals surface area contributed by atoms with Gasteiger partial charge in [0.25, 0.3) is 0 Å². The molecule has 0 aromatic rings. The molecule has 0 bridgehead atoms. The lowest BCUT2D eigenvalue weighted by Crippen LogP contribution is -3.00. The third kappa shape index (κ3) is 7.96. The maximum atomic E-state index is 5.77. The van der Waals surface area contributed by atoms with Crippen LogP contribution in [0.15, 0.2) is 0 Å².